The van der Waals surface area contributed by atoms with E-state index in [-0.39, 0.29) is 12.2 Å². The number of likely N-dealkylation sites (tertiary alicyclic amines) is 1. The van der Waals surface area contributed by atoms with E-state index in [1.54, 1.807) is 36.1 Å². The highest BCUT2D eigenvalue weighted by atomic mass is 35.5. The molecule has 1 aromatic carbocycles. The molecule has 0 spiro atoms. The highest BCUT2D eigenvalue weighted by molar-refractivity contribution is 6.67. The summed E-state index contributed by atoms with van der Waals surface area (Å²) in [5.41, 5.74) is 0.446. The van der Waals surface area contributed by atoms with Crippen LogP contribution in [-0.2, 0) is 4.74 Å². The summed E-state index contributed by atoms with van der Waals surface area (Å²) in [6.07, 6.45) is 1.32. The van der Waals surface area contributed by atoms with E-state index in [9.17, 15) is 9.59 Å². The SMILES string of the molecule is CCOC(=O)N1CCC(Oc2ccc(C(=O)Cl)cc2)CC1. The molecule has 1 fully saturated rings. The van der Waals surface area contributed by atoms with Crippen molar-refractivity contribution in [1.29, 1.82) is 0 Å². The molecule has 1 saturated heterocycles. The third-order valence-electron chi connectivity index (χ3n) is 3.35. The Kier molecular flexibility index (Phi) is 5.44. The fourth-order valence-corrected chi connectivity index (χ4v) is 2.35. The Morgan fingerprint density at radius 2 is 1.86 bits per heavy atom. The van der Waals surface area contributed by atoms with E-state index < -0.39 is 5.24 Å². The number of carbonyl (C=O) groups is 2. The van der Waals surface area contributed by atoms with Crippen molar-refractivity contribution in [2.75, 3.05) is 19.7 Å². The van der Waals surface area contributed by atoms with E-state index in [1.807, 2.05) is 0 Å². The highest BCUT2D eigenvalue weighted by Crippen LogP contribution is 2.20. The maximum Gasteiger partial charge on any atom is 0.409 e. The van der Waals surface area contributed by atoms with Gasteiger partial charge in [0.2, 0.25) is 0 Å². The molecule has 0 radical (unpaired) electrons. The molecule has 6 heteroatoms. The van der Waals surface area contributed by atoms with Crippen LogP contribution < -0.4 is 4.74 Å². The predicted molar refractivity (Wildman–Crippen MR) is 78.9 cm³/mol. The molecule has 0 aromatic heterocycles. The third kappa shape index (κ3) is 4.36. The lowest BCUT2D eigenvalue weighted by atomic mass is 10.1. The Bertz CT molecular complexity index is 495. The van der Waals surface area contributed by atoms with Crippen molar-refractivity contribution < 1.29 is 19.1 Å². The summed E-state index contributed by atoms with van der Waals surface area (Å²) in [6.45, 7) is 3.44. The Hall–Kier alpha value is -1.75. The van der Waals surface area contributed by atoms with Gasteiger partial charge in [0.05, 0.1) is 6.61 Å². The van der Waals surface area contributed by atoms with Crippen LogP contribution in [0.15, 0.2) is 24.3 Å². The summed E-state index contributed by atoms with van der Waals surface area (Å²) in [7, 11) is 0. The molecule has 1 heterocycles. The molecule has 21 heavy (non-hydrogen) atoms. The predicted octanol–water partition coefficient (Wildman–Crippen LogP) is 3.07. The van der Waals surface area contributed by atoms with Gasteiger partial charge >= 0.3 is 6.09 Å². The lowest BCUT2D eigenvalue weighted by Gasteiger charge is -2.31. The number of nitrogens with zero attached hydrogens (tertiary/aromatic N) is 1. The average Bonchev–Trinajstić information content (AvgIpc) is 2.49. The molecule has 0 N–H and O–H groups in total. The van der Waals surface area contributed by atoms with Gasteiger partial charge < -0.3 is 14.4 Å². The monoisotopic (exact) mass is 311 g/mol. The topological polar surface area (TPSA) is 55.8 Å². The van der Waals surface area contributed by atoms with Crippen LogP contribution in [0.4, 0.5) is 4.79 Å². The van der Waals surface area contributed by atoms with Crippen molar-refractivity contribution in [2.24, 2.45) is 0 Å². The number of amides is 1. The van der Waals surface area contributed by atoms with Gasteiger partial charge in [0.1, 0.15) is 11.9 Å². The van der Waals surface area contributed by atoms with Crippen LogP contribution in [0, 0.1) is 0 Å². The van der Waals surface area contributed by atoms with Crippen molar-refractivity contribution in [3.63, 3.8) is 0 Å². The minimum atomic E-state index is -0.482. The Balaban J connectivity index is 1.83. The fourth-order valence-electron chi connectivity index (χ4n) is 2.23. The quantitative estimate of drug-likeness (QED) is 0.802. The Morgan fingerprint density at radius 1 is 1.24 bits per heavy atom. The molecule has 1 amide bonds. The van der Waals surface area contributed by atoms with Crippen LogP contribution >= 0.6 is 11.6 Å². The molecule has 0 saturated carbocycles. The molecule has 1 aromatic rings. The van der Waals surface area contributed by atoms with Crippen LogP contribution in [-0.4, -0.2) is 42.0 Å². The zero-order valence-electron chi connectivity index (χ0n) is 11.9. The van der Waals surface area contributed by atoms with Gasteiger partial charge in [0.15, 0.2) is 0 Å². The van der Waals surface area contributed by atoms with Crippen molar-refractivity contribution in [2.45, 2.75) is 25.9 Å². The third-order valence-corrected chi connectivity index (χ3v) is 3.57. The van der Waals surface area contributed by atoms with Gasteiger partial charge in [0.25, 0.3) is 5.24 Å². The summed E-state index contributed by atoms with van der Waals surface area (Å²) >= 11 is 5.39. The molecule has 0 unspecified atom stereocenters. The standard InChI is InChI=1S/C15H18ClNO4/c1-2-20-15(19)17-9-7-13(8-10-17)21-12-5-3-11(4-6-12)14(16)18/h3-6,13H,2,7-10H2,1H3. The fraction of sp³-hybridized carbons (Fsp3) is 0.467. The van der Waals surface area contributed by atoms with Gasteiger partial charge in [-0.15, -0.1) is 0 Å². The van der Waals surface area contributed by atoms with Crippen LogP contribution in [0.1, 0.15) is 30.1 Å². The second-order valence-electron chi connectivity index (χ2n) is 4.80. The maximum atomic E-state index is 11.6. The number of piperidine rings is 1. The molecule has 2 rings (SSSR count). The first-order valence-electron chi connectivity index (χ1n) is 6.98. The number of carbonyl (C=O) groups excluding carboxylic acids is 2. The van der Waals surface area contributed by atoms with Gasteiger partial charge in [-0.05, 0) is 42.8 Å². The summed E-state index contributed by atoms with van der Waals surface area (Å²) in [5.74, 6) is 0.700. The average molecular weight is 312 g/mol. The molecular weight excluding hydrogens is 294 g/mol. The first-order valence-corrected chi connectivity index (χ1v) is 7.36. The van der Waals surface area contributed by atoms with Crippen molar-refractivity contribution >= 4 is 22.9 Å². The van der Waals surface area contributed by atoms with Crippen LogP contribution in [0.5, 0.6) is 5.75 Å². The van der Waals surface area contributed by atoms with Crippen molar-refractivity contribution in [3.8, 4) is 5.75 Å². The Labute approximate surface area is 128 Å². The summed E-state index contributed by atoms with van der Waals surface area (Å²) < 4.78 is 10.8. The van der Waals surface area contributed by atoms with Crippen molar-refractivity contribution in [3.05, 3.63) is 29.8 Å². The van der Waals surface area contributed by atoms with Gasteiger partial charge in [-0.3, -0.25) is 4.79 Å². The number of halogens is 1. The second kappa shape index (κ2) is 7.31. The molecule has 0 atom stereocenters. The molecule has 0 bridgehead atoms. The maximum absolute atomic E-state index is 11.6. The number of hydrogen-bond donors (Lipinski definition) is 0. The molecule has 1 aliphatic rings. The van der Waals surface area contributed by atoms with Crippen LogP contribution in [0.3, 0.4) is 0 Å². The van der Waals surface area contributed by atoms with E-state index in [0.29, 0.717) is 31.0 Å². The summed E-state index contributed by atoms with van der Waals surface area (Å²) in [6, 6.07) is 6.73. The molecule has 114 valence electrons. The van der Waals surface area contributed by atoms with Gasteiger partial charge in [-0.25, -0.2) is 4.79 Å². The first-order chi connectivity index (χ1) is 10.1. The zero-order valence-corrected chi connectivity index (χ0v) is 12.6. The largest absolute Gasteiger partial charge is 0.490 e. The van der Waals surface area contributed by atoms with Crippen LogP contribution in [0.25, 0.3) is 0 Å². The number of rotatable bonds is 4. The van der Waals surface area contributed by atoms with Crippen LogP contribution in [0.2, 0.25) is 0 Å². The van der Waals surface area contributed by atoms with E-state index >= 15 is 0 Å². The second-order valence-corrected chi connectivity index (χ2v) is 5.14. The molecule has 1 aliphatic heterocycles. The molecule has 0 aliphatic carbocycles. The number of ether oxygens (including phenoxy) is 2. The minimum absolute atomic E-state index is 0.0632. The summed E-state index contributed by atoms with van der Waals surface area (Å²) in [5, 5.41) is -0.482. The lowest BCUT2D eigenvalue weighted by Crippen LogP contribution is -2.42. The van der Waals surface area contributed by atoms with E-state index in [2.05, 4.69) is 0 Å². The van der Waals surface area contributed by atoms with Crippen molar-refractivity contribution in [1.82, 2.24) is 4.90 Å². The lowest BCUT2D eigenvalue weighted by molar-refractivity contribution is 0.0703. The van der Waals surface area contributed by atoms with E-state index in [0.717, 1.165) is 12.8 Å². The van der Waals surface area contributed by atoms with Gasteiger partial charge in [-0.1, -0.05) is 0 Å². The van der Waals surface area contributed by atoms with Gasteiger partial charge in [0, 0.05) is 31.5 Å². The Morgan fingerprint density at radius 3 is 2.38 bits per heavy atom. The first kappa shape index (κ1) is 15.6. The summed E-state index contributed by atoms with van der Waals surface area (Å²) in [4.78, 5) is 24.3. The zero-order chi connectivity index (χ0) is 15.2. The molecular formula is C15H18ClNO4. The smallest absolute Gasteiger partial charge is 0.409 e. The molecule has 5 nitrogen and oxygen atoms in total. The normalized spacial score (nSPS) is 15.6. The van der Waals surface area contributed by atoms with E-state index in [4.69, 9.17) is 21.1 Å². The number of benzene rings is 1. The number of hydrogen-bond acceptors (Lipinski definition) is 4. The highest BCUT2D eigenvalue weighted by Gasteiger charge is 2.24. The van der Waals surface area contributed by atoms with Gasteiger partial charge in [-0.2, -0.15) is 0 Å². The minimum Gasteiger partial charge on any atom is -0.490 e. The van der Waals surface area contributed by atoms with E-state index in [1.165, 1.54) is 0 Å².